The van der Waals surface area contributed by atoms with Crippen molar-refractivity contribution in [3.8, 4) is 0 Å². The van der Waals surface area contributed by atoms with Crippen LogP contribution in [-0.2, 0) is 0 Å². The van der Waals surface area contributed by atoms with E-state index in [-0.39, 0.29) is 6.04 Å². The number of thiophene rings is 1. The van der Waals surface area contributed by atoms with Crippen molar-refractivity contribution in [2.24, 2.45) is 5.92 Å². The lowest BCUT2D eigenvalue weighted by Gasteiger charge is -2.23. The van der Waals surface area contributed by atoms with Gasteiger partial charge in [0.25, 0.3) is 0 Å². The Balaban J connectivity index is 2.02. The SMILES string of the molecule is Cc1cccc(NC(=S)N[C@H](c2cccs2)C(C)C)c1. The molecule has 20 heavy (non-hydrogen) atoms. The van der Waals surface area contributed by atoms with Gasteiger partial charge in [0, 0.05) is 10.6 Å². The minimum atomic E-state index is 0.250. The van der Waals surface area contributed by atoms with Crippen molar-refractivity contribution in [2.75, 3.05) is 5.32 Å². The van der Waals surface area contributed by atoms with Gasteiger partial charge in [0.05, 0.1) is 6.04 Å². The van der Waals surface area contributed by atoms with Crippen LogP contribution in [0.2, 0.25) is 0 Å². The van der Waals surface area contributed by atoms with Crippen molar-refractivity contribution in [3.63, 3.8) is 0 Å². The maximum Gasteiger partial charge on any atom is 0.171 e. The zero-order valence-electron chi connectivity index (χ0n) is 12.0. The third-order valence-electron chi connectivity index (χ3n) is 3.08. The molecule has 4 heteroatoms. The zero-order valence-corrected chi connectivity index (χ0v) is 13.6. The Bertz CT molecular complexity index is 562. The molecule has 0 aliphatic rings. The van der Waals surface area contributed by atoms with Gasteiger partial charge in [-0.1, -0.05) is 32.0 Å². The van der Waals surface area contributed by atoms with Crippen molar-refractivity contribution in [1.82, 2.24) is 5.32 Å². The molecule has 0 aliphatic heterocycles. The molecule has 0 radical (unpaired) electrons. The van der Waals surface area contributed by atoms with Crippen LogP contribution in [0.15, 0.2) is 41.8 Å². The number of hydrogen-bond donors (Lipinski definition) is 2. The highest BCUT2D eigenvalue weighted by Gasteiger charge is 2.17. The molecule has 0 unspecified atom stereocenters. The number of thiocarbonyl (C=S) groups is 1. The van der Waals surface area contributed by atoms with Gasteiger partial charge in [-0.2, -0.15) is 0 Å². The summed E-state index contributed by atoms with van der Waals surface area (Å²) in [5, 5.41) is 9.44. The number of aryl methyl sites for hydroxylation is 1. The number of nitrogens with one attached hydrogen (secondary N) is 2. The van der Waals surface area contributed by atoms with E-state index in [1.54, 1.807) is 11.3 Å². The molecule has 1 heterocycles. The first-order valence-corrected chi connectivity index (χ1v) is 8.02. The molecule has 0 bridgehead atoms. The summed E-state index contributed by atoms with van der Waals surface area (Å²) in [6, 6.07) is 12.7. The summed E-state index contributed by atoms with van der Waals surface area (Å²) < 4.78 is 0. The molecule has 0 saturated carbocycles. The van der Waals surface area contributed by atoms with Crippen molar-refractivity contribution in [3.05, 3.63) is 52.2 Å². The van der Waals surface area contributed by atoms with E-state index in [4.69, 9.17) is 12.2 Å². The summed E-state index contributed by atoms with van der Waals surface area (Å²) in [5.41, 5.74) is 2.24. The summed E-state index contributed by atoms with van der Waals surface area (Å²) in [5.74, 6) is 0.478. The van der Waals surface area contributed by atoms with E-state index in [1.165, 1.54) is 10.4 Å². The van der Waals surface area contributed by atoms with Gasteiger partial charge < -0.3 is 10.6 Å². The van der Waals surface area contributed by atoms with Crippen LogP contribution in [0.4, 0.5) is 5.69 Å². The molecule has 0 aliphatic carbocycles. The molecular weight excluding hydrogens is 284 g/mol. The van der Waals surface area contributed by atoms with E-state index in [9.17, 15) is 0 Å². The topological polar surface area (TPSA) is 24.1 Å². The first kappa shape index (κ1) is 15.0. The van der Waals surface area contributed by atoms with Crippen LogP contribution in [0.25, 0.3) is 0 Å². The molecule has 2 N–H and O–H groups in total. The fourth-order valence-corrected chi connectivity index (χ4v) is 3.26. The van der Waals surface area contributed by atoms with Crippen LogP contribution in [0.3, 0.4) is 0 Å². The van der Waals surface area contributed by atoms with Crippen molar-refractivity contribution in [1.29, 1.82) is 0 Å². The number of rotatable bonds is 4. The highest BCUT2D eigenvalue weighted by molar-refractivity contribution is 7.80. The third-order valence-corrected chi connectivity index (χ3v) is 4.25. The van der Waals surface area contributed by atoms with Gasteiger partial charge in [0.1, 0.15) is 0 Å². The van der Waals surface area contributed by atoms with E-state index in [1.807, 2.05) is 12.1 Å². The van der Waals surface area contributed by atoms with E-state index in [0.29, 0.717) is 11.0 Å². The lowest BCUT2D eigenvalue weighted by Crippen LogP contribution is -2.34. The van der Waals surface area contributed by atoms with E-state index in [0.717, 1.165) is 5.69 Å². The maximum atomic E-state index is 5.43. The first-order chi connectivity index (χ1) is 9.56. The zero-order chi connectivity index (χ0) is 14.5. The average Bonchev–Trinajstić information content (AvgIpc) is 2.89. The third kappa shape index (κ3) is 4.05. The molecule has 0 amide bonds. The molecule has 0 spiro atoms. The monoisotopic (exact) mass is 304 g/mol. The Hall–Kier alpha value is -1.39. The van der Waals surface area contributed by atoms with Crippen molar-refractivity contribution in [2.45, 2.75) is 26.8 Å². The van der Waals surface area contributed by atoms with Crippen molar-refractivity contribution < 1.29 is 0 Å². The Kier molecular flexibility index (Phi) is 5.15. The molecule has 1 aromatic heterocycles. The van der Waals surface area contributed by atoms with E-state index < -0.39 is 0 Å². The Morgan fingerprint density at radius 3 is 2.60 bits per heavy atom. The normalized spacial score (nSPS) is 12.2. The minimum Gasteiger partial charge on any atom is -0.355 e. The second-order valence-corrected chi connectivity index (χ2v) is 6.59. The summed E-state index contributed by atoms with van der Waals surface area (Å²) in [6.45, 7) is 6.48. The fraction of sp³-hybridized carbons (Fsp3) is 0.312. The van der Waals surface area contributed by atoms with Gasteiger partial charge in [-0.05, 0) is 54.2 Å². The summed E-state index contributed by atoms with van der Waals surface area (Å²) in [6.07, 6.45) is 0. The van der Waals surface area contributed by atoms with Crippen molar-refractivity contribution >= 4 is 34.4 Å². The highest BCUT2D eigenvalue weighted by atomic mass is 32.1. The number of hydrogen-bond acceptors (Lipinski definition) is 2. The standard InChI is InChI=1S/C16H20N2S2/c1-11(2)15(14-8-5-9-20-14)18-16(19)17-13-7-4-6-12(3)10-13/h4-11,15H,1-3H3,(H2,17,18,19)/t15-/m0/s1. The lowest BCUT2D eigenvalue weighted by molar-refractivity contribution is 0.480. The Morgan fingerprint density at radius 1 is 1.20 bits per heavy atom. The number of anilines is 1. The van der Waals surface area contributed by atoms with Gasteiger partial charge in [-0.25, -0.2) is 0 Å². The van der Waals surface area contributed by atoms with E-state index in [2.05, 4.69) is 61.1 Å². The smallest absolute Gasteiger partial charge is 0.171 e. The van der Waals surface area contributed by atoms with Crippen LogP contribution in [0.1, 0.15) is 30.3 Å². The molecule has 1 atom stereocenters. The van der Waals surface area contributed by atoms with Gasteiger partial charge >= 0.3 is 0 Å². The molecule has 1 aromatic carbocycles. The lowest BCUT2D eigenvalue weighted by atomic mass is 10.0. The average molecular weight is 304 g/mol. The highest BCUT2D eigenvalue weighted by Crippen LogP contribution is 2.25. The maximum absolute atomic E-state index is 5.43. The van der Waals surface area contributed by atoms with Gasteiger partial charge in [-0.15, -0.1) is 11.3 Å². The molecular formula is C16H20N2S2. The molecule has 2 aromatic rings. The molecule has 0 saturated heterocycles. The molecule has 0 fully saturated rings. The van der Waals surface area contributed by atoms with Gasteiger partial charge in [0.2, 0.25) is 0 Å². The van der Waals surface area contributed by atoms with Gasteiger partial charge in [0.15, 0.2) is 5.11 Å². The van der Waals surface area contributed by atoms with E-state index >= 15 is 0 Å². The first-order valence-electron chi connectivity index (χ1n) is 6.74. The molecule has 2 nitrogen and oxygen atoms in total. The van der Waals surface area contributed by atoms with Crippen LogP contribution in [0, 0.1) is 12.8 Å². The summed E-state index contributed by atoms with van der Waals surface area (Å²) in [4.78, 5) is 1.31. The Morgan fingerprint density at radius 2 is 2.00 bits per heavy atom. The van der Waals surface area contributed by atoms with Crippen LogP contribution in [0.5, 0.6) is 0 Å². The summed E-state index contributed by atoms with van der Waals surface area (Å²) in [7, 11) is 0. The largest absolute Gasteiger partial charge is 0.355 e. The quantitative estimate of drug-likeness (QED) is 0.798. The number of benzene rings is 1. The Labute approximate surface area is 130 Å². The molecule has 2 rings (SSSR count). The van der Waals surface area contributed by atoms with Gasteiger partial charge in [-0.3, -0.25) is 0 Å². The van der Waals surface area contributed by atoms with Crippen LogP contribution in [-0.4, -0.2) is 5.11 Å². The predicted molar refractivity (Wildman–Crippen MR) is 92.4 cm³/mol. The fourth-order valence-electron chi connectivity index (χ4n) is 2.07. The van der Waals surface area contributed by atoms with Crippen LogP contribution < -0.4 is 10.6 Å². The molecule has 106 valence electrons. The minimum absolute atomic E-state index is 0.250. The summed E-state index contributed by atoms with van der Waals surface area (Å²) >= 11 is 7.19. The second-order valence-electron chi connectivity index (χ2n) is 5.21. The van der Waals surface area contributed by atoms with Crippen LogP contribution >= 0.6 is 23.6 Å². The second kappa shape index (κ2) is 6.86. The predicted octanol–water partition coefficient (Wildman–Crippen LogP) is 4.74.